The fourth-order valence-electron chi connectivity index (χ4n) is 4.70. The Morgan fingerprint density at radius 2 is 1.62 bits per heavy atom. The molecule has 0 unspecified atom stereocenters. The van der Waals surface area contributed by atoms with Crippen molar-refractivity contribution < 1.29 is 17.6 Å². The van der Waals surface area contributed by atoms with Gasteiger partial charge in [-0.2, -0.15) is 4.31 Å². The molecular weight excluding hydrogens is 455 g/mol. The van der Waals surface area contributed by atoms with Crippen molar-refractivity contribution in [1.29, 1.82) is 0 Å². The van der Waals surface area contributed by atoms with E-state index in [1.165, 1.54) is 34.1 Å². The zero-order valence-corrected chi connectivity index (χ0v) is 20.2. The van der Waals surface area contributed by atoms with Gasteiger partial charge in [-0.25, -0.2) is 12.8 Å². The van der Waals surface area contributed by atoms with Crippen LogP contribution in [0.1, 0.15) is 28.8 Å². The summed E-state index contributed by atoms with van der Waals surface area (Å²) in [7, 11) is -3.46. The van der Waals surface area contributed by atoms with Crippen LogP contribution in [0.5, 0.6) is 0 Å². The number of halogens is 1. The highest BCUT2D eigenvalue weighted by molar-refractivity contribution is 7.89. The SMILES string of the molecule is O=C(c1ccc(F)cc1)N(CCS(=O)(=O)N1CCNCC1)C1CCN(Cc2ccccc2)CC1. The van der Waals surface area contributed by atoms with Gasteiger partial charge in [-0.3, -0.25) is 9.69 Å². The zero-order valence-electron chi connectivity index (χ0n) is 19.4. The number of carbonyl (C=O) groups excluding carboxylic acids is 1. The number of piperazine rings is 1. The monoisotopic (exact) mass is 488 g/mol. The molecule has 4 rings (SSSR count). The van der Waals surface area contributed by atoms with Crippen molar-refractivity contribution in [3.8, 4) is 0 Å². The minimum absolute atomic E-state index is 0.0530. The van der Waals surface area contributed by atoms with Gasteiger partial charge < -0.3 is 10.2 Å². The van der Waals surface area contributed by atoms with Crippen LogP contribution in [0.2, 0.25) is 0 Å². The standard InChI is InChI=1S/C25H33FN4O3S/c26-23-8-6-22(7-9-23)25(31)30(18-19-34(32,33)29-16-12-27-13-17-29)24-10-14-28(15-11-24)20-21-4-2-1-3-5-21/h1-9,24,27H,10-20H2. The van der Waals surface area contributed by atoms with Gasteiger partial charge in [-0.1, -0.05) is 30.3 Å². The molecule has 7 nitrogen and oxygen atoms in total. The maximum absolute atomic E-state index is 13.4. The first-order valence-corrected chi connectivity index (χ1v) is 13.5. The van der Waals surface area contributed by atoms with Crippen molar-refractivity contribution in [1.82, 2.24) is 19.4 Å². The Morgan fingerprint density at radius 3 is 2.26 bits per heavy atom. The molecule has 2 fully saturated rings. The summed E-state index contributed by atoms with van der Waals surface area (Å²) in [4.78, 5) is 17.5. The van der Waals surface area contributed by atoms with E-state index in [1.54, 1.807) is 4.90 Å². The van der Waals surface area contributed by atoms with E-state index in [0.29, 0.717) is 31.7 Å². The Balaban J connectivity index is 1.44. The van der Waals surface area contributed by atoms with Crippen LogP contribution in [0.4, 0.5) is 4.39 Å². The number of hydrogen-bond acceptors (Lipinski definition) is 5. The Hall–Kier alpha value is -2.33. The molecule has 2 aliphatic rings. The van der Waals surface area contributed by atoms with Crippen molar-refractivity contribution >= 4 is 15.9 Å². The van der Waals surface area contributed by atoms with Crippen LogP contribution >= 0.6 is 0 Å². The summed E-state index contributed by atoms with van der Waals surface area (Å²) in [6, 6.07) is 15.7. The van der Waals surface area contributed by atoms with Gasteiger partial charge in [-0.05, 0) is 42.7 Å². The van der Waals surface area contributed by atoms with Crippen LogP contribution in [0.15, 0.2) is 54.6 Å². The predicted octanol–water partition coefficient (Wildman–Crippen LogP) is 2.17. The number of likely N-dealkylation sites (tertiary alicyclic amines) is 1. The molecule has 0 aromatic heterocycles. The van der Waals surface area contributed by atoms with Crippen LogP contribution in [0.3, 0.4) is 0 Å². The Morgan fingerprint density at radius 1 is 0.971 bits per heavy atom. The third-order valence-electron chi connectivity index (χ3n) is 6.66. The summed E-state index contributed by atoms with van der Waals surface area (Å²) in [5.41, 5.74) is 1.63. The predicted molar refractivity (Wildman–Crippen MR) is 130 cm³/mol. The van der Waals surface area contributed by atoms with Crippen molar-refractivity contribution in [3.63, 3.8) is 0 Å². The molecule has 2 aromatic carbocycles. The van der Waals surface area contributed by atoms with Crippen molar-refractivity contribution in [2.75, 3.05) is 51.6 Å². The molecule has 0 radical (unpaired) electrons. The van der Waals surface area contributed by atoms with Crippen LogP contribution in [0.25, 0.3) is 0 Å². The van der Waals surface area contributed by atoms with E-state index in [9.17, 15) is 17.6 Å². The molecule has 0 atom stereocenters. The molecule has 2 heterocycles. The first-order chi connectivity index (χ1) is 16.4. The molecule has 0 bridgehead atoms. The van der Waals surface area contributed by atoms with Gasteiger partial charge >= 0.3 is 0 Å². The average Bonchev–Trinajstić information content (AvgIpc) is 2.86. The second kappa shape index (κ2) is 11.4. The second-order valence-electron chi connectivity index (χ2n) is 8.96. The molecule has 184 valence electrons. The number of hydrogen-bond donors (Lipinski definition) is 1. The van der Waals surface area contributed by atoms with Gasteiger partial charge in [-0.15, -0.1) is 0 Å². The van der Waals surface area contributed by atoms with E-state index >= 15 is 0 Å². The molecule has 0 saturated carbocycles. The van der Waals surface area contributed by atoms with E-state index in [4.69, 9.17) is 0 Å². The summed E-state index contributed by atoms with van der Waals surface area (Å²) in [5, 5.41) is 3.16. The fourth-order valence-corrected chi connectivity index (χ4v) is 6.13. The molecular formula is C25H33FN4O3S. The van der Waals surface area contributed by atoms with Gasteiger partial charge in [0.25, 0.3) is 5.91 Å². The lowest BCUT2D eigenvalue weighted by atomic mass is 10.0. The van der Waals surface area contributed by atoms with Crippen LogP contribution in [-0.2, 0) is 16.6 Å². The Kier molecular flexibility index (Phi) is 8.31. The minimum atomic E-state index is -3.46. The van der Waals surface area contributed by atoms with Crippen LogP contribution in [-0.4, -0.2) is 86.0 Å². The third kappa shape index (κ3) is 6.41. The molecule has 2 aliphatic heterocycles. The highest BCUT2D eigenvalue weighted by atomic mass is 32.2. The van der Waals surface area contributed by atoms with Crippen LogP contribution in [0, 0.1) is 5.82 Å². The first kappa shape index (κ1) is 24.8. The highest BCUT2D eigenvalue weighted by Crippen LogP contribution is 2.21. The quantitative estimate of drug-likeness (QED) is 0.617. The number of piperidine rings is 1. The molecule has 1 N–H and O–H groups in total. The van der Waals surface area contributed by atoms with Gasteiger partial charge in [0, 0.05) is 64.0 Å². The van der Waals surface area contributed by atoms with Gasteiger partial charge in [0.15, 0.2) is 0 Å². The zero-order chi connectivity index (χ0) is 24.0. The summed E-state index contributed by atoms with van der Waals surface area (Å²) in [6.07, 6.45) is 1.54. The lowest BCUT2D eigenvalue weighted by Crippen LogP contribution is -2.51. The summed E-state index contributed by atoms with van der Waals surface area (Å²) < 4.78 is 40.8. The summed E-state index contributed by atoms with van der Waals surface area (Å²) in [6.45, 7) is 4.82. The van der Waals surface area contributed by atoms with Gasteiger partial charge in [0.05, 0.1) is 5.75 Å². The molecule has 2 aromatic rings. The Bertz CT molecular complexity index is 1040. The molecule has 34 heavy (non-hydrogen) atoms. The summed E-state index contributed by atoms with van der Waals surface area (Å²) in [5.74, 6) is -0.750. The normalized spacial score (nSPS) is 18.6. The number of sulfonamides is 1. The van der Waals surface area contributed by atoms with Crippen molar-refractivity contribution in [3.05, 3.63) is 71.5 Å². The van der Waals surface area contributed by atoms with E-state index in [1.807, 2.05) is 18.2 Å². The highest BCUT2D eigenvalue weighted by Gasteiger charge is 2.31. The topological polar surface area (TPSA) is 73.0 Å². The molecule has 9 heteroatoms. The second-order valence-corrected chi connectivity index (χ2v) is 11.1. The number of benzene rings is 2. The molecule has 2 saturated heterocycles. The third-order valence-corrected chi connectivity index (χ3v) is 8.51. The van der Waals surface area contributed by atoms with Gasteiger partial charge in [0.1, 0.15) is 5.82 Å². The number of carbonyl (C=O) groups is 1. The van der Waals surface area contributed by atoms with E-state index in [0.717, 1.165) is 32.5 Å². The lowest BCUT2D eigenvalue weighted by Gasteiger charge is -2.39. The van der Waals surface area contributed by atoms with Gasteiger partial charge in [0.2, 0.25) is 10.0 Å². The van der Waals surface area contributed by atoms with E-state index in [2.05, 4.69) is 22.3 Å². The first-order valence-electron chi connectivity index (χ1n) is 11.9. The van der Waals surface area contributed by atoms with Crippen molar-refractivity contribution in [2.24, 2.45) is 0 Å². The number of nitrogens with one attached hydrogen (secondary N) is 1. The van der Waals surface area contributed by atoms with Crippen LogP contribution < -0.4 is 5.32 Å². The maximum atomic E-state index is 13.4. The van der Waals surface area contributed by atoms with E-state index in [-0.39, 0.29) is 24.2 Å². The Labute approximate surface area is 201 Å². The molecule has 0 spiro atoms. The largest absolute Gasteiger partial charge is 0.334 e. The average molecular weight is 489 g/mol. The minimum Gasteiger partial charge on any atom is -0.334 e. The number of amides is 1. The number of rotatable bonds is 8. The summed E-state index contributed by atoms with van der Waals surface area (Å²) >= 11 is 0. The molecule has 0 aliphatic carbocycles. The maximum Gasteiger partial charge on any atom is 0.254 e. The number of nitrogens with zero attached hydrogens (tertiary/aromatic N) is 3. The van der Waals surface area contributed by atoms with E-state index < -0.39 is 15.8 Å². The lowest BCUT2D eigenvalue weighted by molar-refractivity contribution is 0.0582. The van der Waals surface area contributed by atoms with Crippen molar-refractivity contribution in [2.45, 2.75) is 25.4 Å². The molecule has 1 amide bonds. The fraction of sp³-hybridized carbons (Fsp3) is 0.480. The smallest absolute Gasteiger partial charge is 0.254 e.